The molecule has 0 N–H and O–H groups in total. The molecule has 0 amide bonds. The van der Waals surface area contributed by atoms with Crippen LogP contribution in [0.1, 0.15) is 79.6 Å². The van der Waals surface area contributed by atoms with E-state index in [1.54, 1.807) is 0 Å². The van der Waals surface area contributed by atoms with Crippen molar-refractivity contribution in [2.75, 3.05) is 33.0 Å². The molecule has 0 radical (unpaired) electrons. The van der Waals surface area contributed by atoms with Crippen molar-refractivity contribution in [1.82, 2.24) is 0 Å². The van der Waals surface area contributed by atoms with Crippen LogP contribution >= 0.6 is 0 Å². The Hall–Kier alpha value is -0.200. The van der Waals surface area contributed by atoms with Crippen LogP contribution in [0.5, 0.6) is 0 Å². The van der Waals surface area contributed by atoms with E-state index in [4.69, 9.17) is 23.7 Å². The van der Waals surface area contributed by atoms with Gasteiger partial charge in [0.25, 0.3) is 0 Å². The summed E-state index contributed by atoms with van der Waals surface area (Å²) >= 11 is 0. The molecule has 5 nitrogen and oxygen atoms in total. The smallest absolute Gasteiger partial charge is 0.313 e. The van der Waals surface area contributed by atoms with E-state index in [0.29, 0.717) is 26.4 Å². The third-order valence-corrected chi connectivity index (χ3v) is 4.65. The molecule has 150 valence electrons. The quantitative estimate of drug-likeness (QED) is 0.214. The second kappa shape index (κ2) is 12.2. The predicted molar refractivity (Wildman–Crippen MR) is 99.7 cm³/mol. The zero-order chi connectivity index (χ0) is 18.6. The first kappa shape index (κ1) is 22.8. The molecule has 0 aliphatic carbocycles. The van der Waals surface area contributed by atoms with E-state index >= 15 is 0 Å². The SMILES string of the molecule is CCCCCCCCC(C)(OCC1CO1)C(OCC)(OCC)OCC. The van der Waals surface area contributed by atoms with Crippen LogP contribution in [0, 0.1) is 0 Å². The summed E-state index contributed by atoms with van der Waals surface area (Å²) in [6.07, 6.45) is 8.45. The second-order valence-electron chi connectivity index (χ2n) is 6.87. The molecule has 5 heteroatoms. The van der Waals surface area contributed by atoms with Gasteiger partial charge in [0.15, 0.2) is 0 Å². The van der Waals surface area contributed by atoms with Crippen molar-refractivity contribution in [1.29, 1.82) is 0 Å². The molecule has 0 aromatic heterocycles. The summed E-state index contributed by atoms with van der Waals surface area (Å²) in [7, 11) is 0. The van der Waals surface area contributed by atoms with Gasteiger partial charge in [0.1, 0.15) is 11.7 Å². The first-order valence-corrected chi connectivity index (χ1v) is 10.2. The summed E-state index contributed by atoms with van der Waals surface area (Å²) < 4.78 is 29.7. The first-order valence-electron chi connectivity index (χ1n) is 10.2. The fourth-order valence-electron chi connectivity index (χ4n) is 3.15. The molecule has 1 heterocycles. The molecule has 1 saturated heterocycles. The van der Waals surface area contributed by atoms with Gasteiger partial charge in [-0.2, -0.15) is 0 Å². The van der Waals surface area contributed by atoms with Gasteiger partial charge >= 0.3 is 5.97 Å². The lowest BCUT2D eigenvalue weighted by molar-refractivity contribution is -0.442. The van der Waals surface area contributed by atoms with Gasteiger partial charge in [-0.1, -0.05) is 45.4 Å². The molecule has 25 heavy (non-hydrogen) atoms. The Bertz CT molecular complexity index is 315. The van der Waals surface area contributed by atoms with Crippen molar-refractivity contribution in [2.45, 2.75) is 97.2 Å². The van der Waals surface area contributed by atoms with Crippen LogP contribution in [0.25, 0.3) is 0 Å². The molecule has 1 aliphatic heterocycles. The standard InChI is InChI=1S/C20H40O5/c1-6-10-11-12-13-14-15-19(5,25-17-18-16-21-18)20(22-7-2,23-8-3)24-9-4/h18H,6-17H2,1-5H3. The highest BCUT2D eigenvalue weighted by atomic mass is 16.9. The summed E-state index contributed by atoms with van der Waals surface area (Å²) in [5.74, 6) is -1.16. The molecule has 1 rings (SSSR count). The number of hydrogen-bond donors (Lipinski definition) is 0. The Morgan fingerprint density at radius 2 is 1.32 bits per heavy atom. The van der Waals surface area contributed by atoms with Gasteiger partial charge in [-0.25, -0.2) is 0 Å². The van der Waals surface area contributed by atoms with Crippen molar-refractivity contribution in [2.24, 2.45) is 0 Å². The van der Waals surface area contributed by atoms with Crippen molar-refractivity contribution < 1.29 is 23.7 Å². The van der Waals surface area contributed by atoms with E-state index in [1.807, 2.05) is 20.8 Å². The monoisotopic (exact) mass is 360 g/mol. The van der Waals surface area contributed by atoms with E-state index in [9.17, 15) is 0 Å². The Kier molecular flexibility index (Phi) is 11.2. The average Bonchev–Trinajstić information content (AvgIpc) is 3.41. The van der Waals surface area contributed by atoms with E-state index in [1.165, 1.54) is 32.1 Å². The van der Waals surface area contributed by atoms with E-state index in [2.05, 4.69) is 13.8 Å². The normalized spacial score (nSPS) is 19.8. The average molecular weight is 361 g/mol. The molecule has 2 atom stereocenters. The van der Waals surface area contributed by atoms with Crippen LogP contribution in [-0.4, -0.2) is 50.7 Å². The third-order valence-electron chi connectivity index (χ3n) is 4.65. The van der Waals surface area contributed by atoms with Gasteiger partial charge in [0, 0.05) is 19.8 Å². The minimum Gasteiger partial charge on any atom is -0.371 e. The van der Waals surface area contributed by atoms with Crippen LogP contribution < -0.4 is 0 Å². The lowest BCUT2D eigenvalue weighted by atomic mass is 9.93. The zero-order valence-corrected chi connectivity index (χ0v) is 17.1. The maximum absolute atomic E-state index is 6.30. The van der Waals surface area contributed by atoms with Crippen LogP contribution in [0.2, 0.25) is 0 Å². The highest BCUT2D eigenvalue weighted by Crippen LogP contribution is 2.38. The predicted octanol–water partition coefficient (Wildman–Crippen LogP) is 4.67. The van der Waals surface area contributed by atoms with Crippen molar-refractivity contribution in [3.63, 3.8) is 0 Å². The fourth-order valence-corrected chi connectivity index (χ4v) is 3.15. The Labute approximate surface area is 154 Å². The number of unbranched alkanes of at least 4 members (excludes halogenated alkanes) is 5. The highest BCUT2D eigenvalue weighted by molar-refractivity contribution is 4.88. The van der Waals surface area contributed by atoms with Crippen LogP contribution in [0.3, 0.4) is 0 Å². The van der Waals surface area contributed by atoms with Crippen LogP contribution in [-0.2, 0) is 23.7 Å². The highest BCUT2D eigenvalue weighted by Gasteiger charge is 2.53. The van der Waals surface area contributed by atoms with Gasteiger partial charge in [0.2, 0.25) is 0 Å². The largest absolute Gasteiger partial charge is 0.371 e. The van der Waals surface area contributed by atoms with Crippen molar-refractivity contribution in [3.05, 3.63) is 0 Å². The van der Waals surface area contributed by atoms with Crippen molar-refractivity contribution in [3.8, 4) is 0 Å². The number of ether oxygens (including phenoxy) is 5. The number of hydrogen-bond acceptors (Lipinski definition) is 5. The topological polar surface area (TPSA) is 49.5 Å². The molecule has 0 aromatic carbocycles. The van der Waals surface area contributed by atoms with Crippen molar-refractivity contribution >= 4 is 0 Å². The second-order valence-corrected chi connectivity index (χ2v) is 6.87. The summed E-state index contributed by atoms with van der Waals surface area (Å²) in [5, 5.41) is 0. The molecule has 2 unspecified atom stereocenters. The van der Waals surface area contributed by atoms with E-state index in [0.717, 1.165) is 19.4 Å². The summed E-state index contributed by atoms with van der Waals surface area (Å²) in [6, 6.07) is 0. The minimum absolute atomic E-state index is 0.200. The lowest BCUT2D eigenvalue weighted by Crippen LogP contribution is -2.60. The Morgan fingerprint density at radius 1 is 0.800 bits per heavy atom. The van der Waals surface area contributed by atoms with Gasteiger partial charge in [0.05, 0.1) is 13.2 Å². The Balaban J connectivity index is 2.75. The molecule has 0 bridgehead atoms. The Morgan fingerprint density at radius 3 is 1.80 bits per heavy atom. The van der Waals surface area contributed by atoms with Crippen LogP contribution in [0.15, 0.2) is 0 Å². The van der Waals surface area contributed by atoms with Crippen LogP contribution in [0.4, 0.5) is 0 Å². The minimum atomic E-state index is -1.16. The fraction of sp³-hybridized carbons (Fsp3) is 1.00. The maximum Gasteiger partial charge on any atom is 0.313 e. The molecule has 0 aromatic rings. The number of epoxide rings is 1. The molecule has 0 saturated carbocycles. The molecular weight excluding hydrogens is 320 g/mol. The van der Waals surface area contributed by atoms with Gasteiger partial charge in [-0.15, -0.1) is 0 Å². The first-order chi connectivity index (χ1) is 12.1. The zero-order valence-electron chi connectivity index (χ0n) is 17.1. The maximum atomic E-state index is 6.30. The lowest BCUT2D eigenvalue weighted by Gasteiger charge is -2.46. The van der Waals surface area contributed by atoms with Gasteiger partial charge in [-0.05, 0) is 34.1 Å². The van der Waals surface area contributed by atoms with Gasteiger partial charge < -0.3 is 23.7 Å². The molecule has 0 spiro atoms. The summed E-state index contributed by atoms with van der Waals surface area (Å²) in [5.41, 5.74) is -0.661. The molecule has 1 fully saturated rings. The summed E-state index contributed by atoms with van der Waals surface area (Å²) in [6.45, 7) is 13.0. The summed E-state index contributed by atoms with van der Waals surface area (Å²) in [4.78, 5) is 0. The molecule has 1 aliphatic rings. The third kappa shape index (κ3) is 7.51. The van der Waals surface area contributed by atoms with E-state index in [-0.39, 0.29) is 6.10 Å². The van der Waals surface area contributed by atoms with E-state index < -0.39 is 11.6 Å². The molecular formula is C20H40O5. The van der Waals surface area contributed by atoms with Gasteiger partial charge in [-0.3, -0.25) is 0 Å². The number of rotatable bonds is 17.